The van der Waals surface area contributed by atoms with Crippen LogP contribution in [0.25, 0.3) is 21.6 Å². The number of aryl methyl sites for hydroxylation is 1. The summed E-state index contributed by atoms with van der Waals surface area (Å²) >= 11 is 1.84. The summed E-state index contributed by atoms with van der Waals surface area (Å²) in [7, 11) is 0. The van der Waals surface area contributed by atoms with Crippen LogP contribution in [0.4, 0.5) is 0 Å². The van der Waals surface area contributed by atoms with Gasteiger partial charge in [-0.1, -0.05) is 51.5 Å². The summed E-state index contributed by atoms with van der Waals surface area (Å²) in [6.07, 6.45) is 4.51. The van der Waals surface area contributed by atoms with Crippen molar-refractivity contribution in [2.24, 2.45) is 11.3 Å². The maximum atomic E-state index is 12.9. The van der Waals surface area contributed by atoms with Crippen molar-refractivity contribution in [2.45, 2.75) is 53.0 Å². The zero-order valence-electron chi connectivity index (χ0n) is 15.6. The highest BCUT2D eigenvalue weighted by molar-refractivity contribution is 7.18. The first-order chi connectivity index (χ1) is 12.5. The first-order valence-electron chi connectivity index (χ1n) is 9.63. The van der Waals surface area contributed by atoms with Gasteiger partial charge in [0.25, 0.3) is 5.56 Å². The van der Waals surface area contributed by atoms with E-state index >= 15 is 0 Å². The maximum absolute atomic E-state index is 12.9. The van der Waals surface area contributed by atoms with Gasteiger partial charge in [-0.15, -0.1) is 11.3 Å². The van der Waals surface area contributed by atoms with Gasteiger partial charge in [-0.05, 0) is 41.7 Å². The molecule has 0 saturated heterocycles. The van der Waals surface area contributed by atoms with Crippen LogP contribution >= 0.6 is 11.3 Å². The number of aromatic nitrogens is 2. The molecule has 1 aliphatic heterocycles. The molecule has 0 saturated carbocycles. The summed E-state index contributed by atoms with van der Waals surface area (Å²) in [6.45, 7) is 7.90. The summed E-state index contributed by atoms with van der Waals surface area (Å²) in [5.41, 5.74) is 3.99. The molecule has 3 nitrogen and oxygen atoms in total. The van der Waals surface area contributed by atoms with Crippen molar-refractivity contribution in [1.82, 2.24) is 9.55 Å². The predicted molar refractivity (Wildman–Crippen MR) is 108 cm³/mol. The normalized spacial score (nSPS) is 18.7. The Morgan fingerprint density at radius 3 is 2.92 bits per heavy atom. The van der Waals surface area contributed by atoms with Gasteiger partial charge in [0.2, 0.25) is 0 Å². The lowest BCUT2D eigenvalue weighted by Crippen LogP contribution is -2.28. The Balaban J connectivity index is 1.68. The van der Waals surface area contributed by atoms with Crippen molar-refractivity contribution in [3.05, 3.63) is 50.6 Å². The van der Waals surface area contributed by atoms with E-state index in [1.54, 1.807) is 0 Å². The van der Waals surface area contributed by atoms with Crippen molar-refractivity contribution in [3.8, 4) is 11.4 Å². The lowest BCUT2D eigenvalue weighted by Gasteiger charge is -2.36. The summed E-state index contributed by atoms with van der Waals surface area (Å²) in [6, 6.07) is 8.33. The topological polar surface area (TPSA) is 34.9 Å². The molecule has 0 spiro atoms. The molecule has 1 unspecified atom stereocenters. The number of nitrogens with zero attached hydrogens (tertiary/aromatic N) is 2. The van der Waals surface area contributed by atoms with Gasteiger partial charge in [-0.25, -0.2) is 0 Å². The largest absolute Gasteiger partial charge is 0.312 e. The Morgan fingerprint density at radius 1 is 1.31 bits per heavy atom. The van der Waals surface area contributed by atoms with E-state index in [1.807, 2.05) is 17.4 Å². The Kier molecular flexibility index (Phi) is 3.45. The summed E-state index contributed by atoms with van der Waals surface area (Å²) in [5, 5.41) is 0.898. The van der Waals surface area contributed by atoms with Gasteiger partial charge in [0.15, 0.2) is 0 Å². The molecule has 0 N–H and O–H groups in total. The monoisotopic (exact) mass is 364 g/mol. The molecule has 5 rings (SSSR count). The first kappa shape index (κ1) is 16.2. The van der Waals surface area contributed by atoms with E-state index in [-0.39, 0.29) is 5.56 Å². The van der Waals surface area contributed by atoms with E-state index < -0.39 is 0 Å². The van der Waals surface area contributed by atoms with E-state index in [4.69, 9.17) is 0 Å². The first-order valence-corrected chi connectivity index (χ1v) is 10.4. The second-order valence-electron chi connectivity index (χ2n) is 8.45. The molecule has 3 aromatic rings. The van der Waals surface area contributed by atoms with Crippen LogP contribution in [-0.2, 0) is 19.4 Å². The van der Waals surface area contributed by atoms with Crippen molar-refractivity contribution in [3.63, 3.8) is 0 Å². The second-order valence-corrected chi connectivity index (χ2v) is 9.53. The summed E-state index contributed by atoms with van der Waals surface area (Å²) in [4.78, 5) is 20.0. The second kappa shape index (κ2) is 5.53. The number of benzene rings is 1. The van der Waals surface area contributed by atoms with Gasteiger partial charge in [0.05, 0.1) is 11.9 Å². The smallest absolute Gasteiger partial charge is 0.282 e. The minimum absolute atomic E-state index is 0.0337. The number of rotatable bonds is 2. The van der Waals surface area contributed by atoms with Crippen molar-refractivity contribution in [2.75, 3.05) is 0 Å². The molecule has 0 radical (unpaired) electrons. The third kappa shape index (κ3) is 2.18. The lowest BCUT2D eigenvalue weighted by molar-refractivity contribution is 0.184. The maximum Gasteiger partial charge on any atom is 0.282 e. The molecular weight excluding hydrogens is 340 g/mol. The zero-order valence-corrected chi connectivity index (χ0v) is 16.4. The molecule has 1 aliphatic carbocycles. The highest BCUT2D eigenvalue weighted by Crippen LogP contribution is 2.45. The summed E-state index contributed by atoms with van der Waals surface area (Å²) < 4.78 is 2.27. The summed E-state index contributed by atoms with van der Waals surface area (Å²) in [5.74, 6) is 1.55. The van der Waals surface area contributed by atoms with Crippen LogP contribution in [0.2, 0.25) is 0 Å². The lowest BCUT2D eigenvalue weighted by atomic mass is 9.70. The molecule has 1 atom stereocenters. The fraction of sp³-hybridized carbons (Fsp3) is 0.455. The Bertz CT molecular complexity index is 1090. The van der Waals surface area contributed by atoms with E-state index in [2.05, 4.69) is 48.5 Å². The van der Waals surface area contributed by atoms with Gasteiger partial charge < -0.3 is 4.57 Å². The predicted octanol–water partition coefficient (Wildman–Crippen LogP) is 5.03. The fourth-order valence-electron chi connectivity index (χ4n) is 4.65. The van der Waals surface area contributed by atoms with Crippen molar-refractivity contribution in [1.29, 1.82) is 0 Å². The fourth-order valence-corrected chi connectivity index (χ4v) is 6.06. The van der Waals surface area contributed by atoms with Crippen LogP contribution in [0.5, 0.6) is 0 Å². The number of hydrogen-bond donors (Lipinski definition) is 0. The van der Waals surface area contributed by atoms with Crippen LogP contribution in [0.15, 0.2) is 29.1 Å². The van der Waals surface area contributed by atoms with Gasteiger partial charge in [0, 0.05) is 10.4 Å². The van der Waals surface area contributed by atoms with Crippen molar-refractivity contribution < 1.29 is 0 Å². The minimum atomic E-state index is -0.0337. The molecule has 4 heteroatoms. The standard InChI is InChI=1S/C22H24N2OS/c1-4-22(2,3)14-9-10-16-17(11-14)26-21-18(16)20(25)23-19-15-8-6-5-7-13(15)12-24(19)21/h5-8,14H,4,9-12H2,1-3H3. The Morgan fingerprint density at radius 2 is 2.12 bits per heavy atom. The van der Waals surface area contributed by atoms with Crippen molar-refractivity contribution >= 4 is 21.6 Å². The highest BCUT2D eigenvalue weighted by Gasteiger charge is 2.34. The van der Waals surface area contributed by atoms with Gasteiger partial charge >= 0.3 is 0 Å². The van der Waals surface area contributed by atoms with E-state index in [9.17, 15) is 4.79 Å². The Hall–Kier alpha value is -1.94. The highest BCUT2D eigenvalue weighted by atomic mass is 32.1. The number of hydrogen-bond acceptors (Lipinski definition) is 3. The van der Waals surface area contributed by atoms with Gasteiger partial charge in [-0.3, -0.25) is 4.79 Å². The number of fused-ring (bicyclic) bond motifs is 7. The molecular formula is C22H24N2OS. The van der Waals surface area contributed by atoms with Crippen LogP contribution in [0.3, 0.4) is 0 Å². The molecule has 2 aliphatic rings. The molecule has 0 amide bonds. The quantitative estimate of drug-likeness (QED) is 0.500. The van der Waals surface area contributed by atoms with E-state index in [0.717, 1.165) is 41.0 Å². The molecule has 26 heavy (non-hydrogen) atoms. The van der Waals surface area contributed by atoms with E-state index in [1.165, 1.54) is 28.8 Å². The third-order valence-electron chi connectivity index (χ3n) is 6.77. The number of thiophene rings is 1. The van der Waals surface area contributed by atoms with Crippen LogP contribution in [-0.4, -0.2) is 9.55 Å². The molecule has 134 valence electrons. The zero-order chi connectivity index (χ0) is 18.1. The average molecular weight is 365 g/mol. The minimum Gasteiger partial charge on any atom is -0.312 e. The van der Waals surface area contributed by atoms with Gasteiger partial charge in [0.1, 0.15) is 10.7 Å². The molecule has 1 aromatic carbocycles. The molecule has 3 heterocycles. The molecule has 2 aromatic heterocycles. The van der Waals surface area contributed by atoms with Crippen LogP contribution in [0, 0.1) is 11.3 Å². The Labute approximate surface area is 157 Å². The third-order valence-corrected chi connectivity index (χ3v) is 8.05. The van der Waals surface area contributed by atoms with E-state index in [0.29, 0.717) is 11.3 Å². The molecule has 0 fully saturated rings. The molecule has 0 bridgehead atoms. The van der Waals surface area contributed by atoms with Crippen LogP contribution in [0.1, 0.15) is 49.6 Å². The van der Waals surface area contributed by atoms with Gasteiger partial charge in [-0.2, -0.15) is 4.98 Å². The SMILES string of the molecule is CCC(C)(C)C1CCc2c(sc3c2c(=O)nc2n3Cc3ccccc3-2)C1. The van der Waals surface area contributed by atoms with Crippen LogP contribution < -0.4 is 5.56 Å². The average Bonchev–Trinajstić information content (AvgIpc) is 3.20.